The van der Waals surface area contributed by atoms with Gasteiger partial charge in [-0.05, 0) is 12.5 Å². The number of pyridine rings is 1. The lowest BCUT2D eigenvalue weighted by atomic mass is 10.2. The minimum atomic E-state index is -4.41. The zero-order valence-corrected chi connectivity index (χ0v) is 10.1. The molecule has 1 aliphatic rings. The predicted molar refractivity (Wildman–Crippen MR) is 65.0 cm³/mol. The Labute approximate surface area is 107 Å². The second-order valence-electron chi connectivity index (χ2n) is 4.76. The van der Waals surface area contributed by atoms with E-state index in [-0.39, 0.29) is 11.7 Å². The smallest absolute Gasteiger partial charge is 0.369 e. The van der Waals surface area contributed by atoms with Gasteiger partial charge in [-0.15, -0.1) is 0 Å². The summed E-state index contributed by atoms with van der Waals surface area (Å²) in [6.07, 6.45) is 0.928. The van der Waals surface area contributed by atoms with E-state index in [1.54, 1.807) is 6.20 Å². The first-order valence-electron chi connectivity index (χ1n) is 5.99. The van der Waals surface area contributed by atoms with Crippen LogP contribution >= 0.6 is 0 Å². The van der Waals surface area contributed by atoms with Gasteiger partial charge in [0.2, 0.25) is 0 Å². The van der Waals surface area contributed by atoms with Crippen molar-refractivity contribution in [3.8, 4) is 0 Å². The summed E-state index contributed by atoms with van der Waals surface area (Å²) in [7, 11) is 0. The fourth-order valence-electron chi connectivity index (χ4n) is 2.42. The molecule has 3 heterocycles. The van der Waals surface area contributed by atoms with Gasteiger partial charge < -0.3 is 15.0 Å². The van der Waals surface area contributed by atoms with Crippen LogP contribution in [0, 0.1) is 0 Å². The summed E-state index contributed by atoms with van der Waals surface area (Å²) >= 11 is 0. The lowest BCUT2D eigenvalue weighted by molar-refractivity contribution is -0.136. The average Bonchev–Trinajstić information content (AvgIpc) is 2.94. The maximum absolute atomic E-state index is 13.0. The molecule has 0 bridgehead atoms. The molecule has 7 heteroatoms. The number of aromatic nitrogens is 2. The molecule has 0 aliphatic carbocycles. The number of hydrogen-bond acceptors (Lipinski definition) is 3. The van der Waals surface area contributed by atoms with Crippen LogP contribution in [-0.4, -0.2) is 28.5 Å². The molecule has 0 aromatic carbocycles. The van der Waals surface area contributed by atoms with Crippen molar-refractivity contribution < 1.29 is 13.2 Å². The number of nitrogens with zero attached hydrogens (tertiary/aromatic N) is 3. The fraction of sp³-hybridized carbons (Fsp3) is 0.417. The van der Waals surface area contributed by atoms with Crippen LogP contribution in [0.25, 0.3) is 5.65 Å². The van der Waals surface area contributed by atoms with E-state index in [2.05, 4.69) is 4.98 Å². The van der Waals surface area contributed by atoms with Gasteiger partial charge in [0.05, 0.1) is 5.69 Å². The molecule has 1 saturated heterocycles. The van der Waals surface area contributed by atoms with Crippen LogP contribution in [-0.2, 0) is 6.18 Å². The summed E-state index contributed by atoms with van der Waals surface area (Å²) in [6.45, 7) is 1.26. The highest BCUT2D eigenvalue weighted by molar-refractivity contribution is 5.59. The molecule has 0 unspecified atom stereocenters. The highest BCUT2D eigenvalue weighted by Gasteiger charge is 2.35. The first-order valence-corrected chi connectivity index (χ1v) is 5.99. The van der Waals surface area contributed by atoms with E-state index >= 15 is 0 Å². The Kier molecular flexibility index (Phi) is 2.67. The van der Waals surface area contributed by atoms with Gasteiger partial charge in [-0.3, -0.25) is 0 Å². The zero-order chi connectivity index (χ0) is 13.6. The van der Waals surface area contributed by atoms with Crippen molar-refractivity contribution in [1.82, 2.24) is 9.38 Å². The Balaban J connectivity index is 2.11. The first-order chi connectivity index (χ1) is 8.95. The van der Waals surface area contributed by atoms with Crippen molar-refractivity contribution in [2.24, 2.45) is 5.73 Å². The number of alkyl halides is 3. The molecule has 0 spiro atoms. The van der Waals surface area contributed by atoms with Crippen molar-refractivity contribution in [3.05, 3.63) is 30.2 Å². The Morgan fingerprint density at radius 1 is 1.37 bits per heavy atom. The molecular formula is C12H13F3N4. The maximum Gasteiger partial charge on any atom is 0.420 e. The molecule has 0 saturated carbocycles. The summed E-state index contributed by atoms with van der Waals surface area (Å²) in [6, 6.07) is 1.17. The molecule has 102 valence electrons. The molecule has 1 fully saturated rings. The molecule has 4 nitrogen and oxygen atoms in total. The SMILES string of the molecule is N[C@@H]1CCN(c2cc(C(F)(F)F)c3nccn3c2)C1. The summed E-state index contributed by atoms with van der Waals surface area (Å²) in [5.74, 6) is 0. The van der Waals surface area contributed by atoms with Crippen molar-refractivity contribution in [3.63, 3.8) is 0 Å². The van der Waals surface area contributed by atoms with Gasteiger partial charge in [0.1, 0.15) is 11.2 Å². The third kappa shape index (κ3) is 2.14. The summed E-state index contributed by atoms with van der Waals surface area (Å²) < 4.78 is 40.5. The van der Waals surface area contributed by atoms with Gasteiger partial charge in [-0.25, -0.2) is 4.98 Å². The molecule has 2 N–H and O–H groups in total. The number of nitrogens with two attached hydrogens (primary N) is 1. The van der Waals surface area contributed by atoms with E-state index in [9.17, 15) is 13.2 Å². The van der Waals surface area contributed by atoms with E-state index in [1.807, 2.05) is 4.90 Å². The molecule has 1 atom stereocenters. The largest absolute Gasteiger partial charge is 0.420 e. The number of hydrogen-bond donors (Lipinski definition) is 1. The Morgan fingerprint density at radius 3 is 2.79 bits per heavy atom. The number of rotatable bonds is 1. The predicted octanol–water partition coefficient (Wildman–Crippen LogP) is 1.89. The summed E-state index contributed by atoms with van der Waals surface area (Å²) in [4.78, 5) is 5.64. The lowest BCUT2D eigenvalue weighted by Gasteiger charge is -2.20. The highest BCUT2D eigenvalue weighted by atomic mass is 19.4. The van der Waals surface area contributed by atoms with Gasteiger partial charge in [0.25, 0.3) is 0 Å². The molecule has 19 heavy (non-hydrogen) atoms. The molecule has 1 aliphatic heterocycles. The van der Waals surface area contributed by atoms with Crippen molar-refractivity contribution in [2.45, 2.75) is 18.6 Å². The summed E-state index contributed by atoms with van der Waals surface area (Å²) in [5, 5.41) is 0. The second-order valence-corrected chi connectivity index (χ2v) is 4.76. The first kappa shape index (κ1) is 12.3. The van der Waals surface area contributed by atoms with Crippen molar-refractivity contribution >= 4 is 11.3 Å². The van der Waals surface area contributed by atoms with Crippen molar-refractivity contribution in [2.75, 3.05) is 18.0 Å². The molecule has 3 rings (SSSR count). The molecule has 0 radical (unpaired) electrons. The zero-order valence-electron chi connectivity index (χ0n) is 10.1. The average molecular weight is 270 g/mol. The monoisotopic (exact) mass is 270 g/mol. The summed E-state index contributed by atoms with van der Waals surface area (Å²) in [5.41, 5.74) is 5.55. The fourth-order valence-corrected chi connectivity index (χ4v) is 2.42. The molecule has 0 amide bonds. The van der Waals surface area contributed by atoms with Gasteiger partial charge >= 0.3 is 6.18 Å². The van der Waals surface area contributed by atoms with Gasteiger partial charge in [-0.2, -0.15) is 13.2 Å². The minimum absolute atomic E-state index is 0.0211. The van der Waals surface area contributed by atoms with Crippen LogP contribution in [0.4, 0.5) is 18.9 Å². The van der Waals surface area contributed by atoms with E-state index < -0.39 is 11.7 Å². The van der Waals surface area contributed by atoms with Crippen LogP contribution in [0.3, 0.4) is 0 Å². The minimum Gasteiger partial charge on any atom is -0.369 e. The standard InChI is InChI=1S/C12H13F3N4/c13-12(14,15)10-5-9(18-3-1-8(16)6-18)7-19-4-2-17-11(10)19/h2,4-5,7-8H,1,3,6,16H2/t8-/m1/s1. The Bertz CT molecular complexity index is 605. The van der Waals surface area contributed by atoms with Crippen LogP contribution in [0.2, 0.25) is 0 Å². The third-order valence-corrected chi connectivity index (χ3v) is 3.37. The number of fused-ring (bicyclic) bond motifs is 1. The van der Waals surface area contributed by atoms with Gasteiger partial charge in [-0.1, -0.05) is 0 Å². The van der Waals surface area contributed by atoms with E-state index in [0.717, 1.165) is 12.5 Å². The highest BCUT2D eigenvalue weighted by Crippen LogP contribution is 2.35. The number of halogens is 3. The molecule has 2 aromatic rings. The number of anilines is 1. The lowest BCUT2D eigenvalue weighted by Crippen LogP contribution is -2.26. The van der Waals surface area contributed by atoms with Crippen LogP contribution in [0.5, 0.6) is 0 Å². The van der Waals surface area contributed by atoms with E-state index in [4.69, 9.17) is 5.73 Å². The van der Waals surface area contributed by atoms with Crippen LogP contribution in [0.1, 0.15) is 12.0 Å². The normalized spacial score (nSPS) is 20.4. The molecular weight excluding hydrogens is 257 g/mol. The Morgan fingerprint density at radius 2 is 2.16 bits per heavy atom. The third-order valence-electron chi connectivity index (χ3n) is 3.37. The van der Waals surface area contributed by atoms with Crippen LogP contribution < -0.4 is 10.6 Å². The maximum atomic E-state index is 13.0. The number of imidazole rings is 1. The van der Waals surface area contributed by atoms with Gasteiger partial charge in [0, 0.05) is 37.7 Å². The topological polar surface area (TPSA) is 46.6 Å². The molecule has 2 aromatic heterocycles. The Hall–Kier alpha value is -1.76. The van der Waals surface area contributed by atoms with Gasteiger partial charge in [0.15, 0.2) is 0 Å². The van der Waals surface area contributed by atoms with E-state index in [0.29, 0.717) is 18.8 Å². The quantitative estimate of drug-likeness (QED) is 0.860. The van der Waals surface area contributed by atoms with E-state index in [1.165, 1.54) is 16.8 Å². The van der Waals surface area contributed by atoms with Crippen LogP contribution in [0.15, 0.2) is 24.7 Å². The van der Waals surface area contributed by atoms with Crippen molar-refractivity contribution in [1.29, 1.82) is 0 Å². The second kappa shape index (κ2) is 4.12.